The maximum absolute atomic E-state index is 12.5. The highest BCUT2D eigenvalue weighted by Crippen LogP contribution is 2.22. The summed E-state index contributed by atoms with van der Waals surface area (Å²) in [6.07, 6.45) is 3.65. The Morgan fingerprint density at radius 3 is 2.48 bits per heavy atom. The topological polar surface area (TPSA) is 44.4 Å². The summed E-state index contributed by atoms with van der Waals surface area (Å²) >= 11 is 0. The van der Waals surface area contributed by atoms with Gasteiger partial charge in [-0.15, -0.1) is 0 Å². The van der Waals surface area contributed by atoms with Gasteiger partial charge in [-0.05, 0) is 71.3 Å². The second-order valence-electron chi connectivity index (χ2n) is 6.69. The van der Waals surface area contributed by atoms with Crippen LogP contribution in [0.1, 0.15) is 44.7 Å². The number of nitrogens with zero attached hydrogens (tertiary/aromatic N) is 1. The minimum Gasteiger partial charge on any atom is -0.348 e. The number of rotatable bonds is 7. The van der Waals surface area contributed by atoms with Crippen molar-refractivity contribution < 1.29 is 4.79 Å². The molecule has 4 nitrogen and oxygen atoms in total. The number of likely N-dealkylation sites (tertiary alicyclic amines) is 1. The number of carbonyl (C=O) groups excluding carboxylic acids is 1. The van der Waals surface area contributed by atoms with Crippen LogP contribution in [-0.2, 0) is 4.79 Å². The van der Waals surface area contributed by atoms with Gasteiger partial charge < -0.3 is 10.6 Å². The van der Waals surface area contributed by atoms with Crippen LogP contribution in [0.4, 0.5) is 0 Å². The van der Waals surface area contributed by atoms with Crippen LogP contribution in [0.25, 0.3) is 0 Å². The number of piperidine rings is 1. The van der Waals surface area contributed by atoms with Gasteiger partial charge in [0.2, 0.25) is 5.91 Å². The van der Waals surface area contributed by atoms with Gasteiger partial charge in [0.05, 0.1) is 12.1 Å². The van der Waals surface area contributed by atoms with Crippen LogP contribution in [0.15, 0.2) is 30.3 Å². The van der Waals surface area contributed by atoms with Crippen molar-refractivity contribution in [1.82, 2.24) is 15.5 Å². The van der Waals surface area contributed by atoms with E-state index in [2.05, 4.69) is 27.7 Å². The zero-order valence-corrected chi connectivity index (χ0v) is 14.7. The van der Waals surface area contributed by atoms with E-state index in [1.807, 2.05) is 39.1 Å². The van der Waals surface area contributed by atoms with Crippen LogP contribution in [0.5, 0.6) is 0 Å². The van der Waals surface area contributed by atoms with Crippen molar-refractivity contribution >= 4 is 5.91 Å². The van der Waals surface area contributed by atoms with E-state index >= 15 is 0 Å². The summed E-state index contributed by atoms with van der Waals surface area (Å²) in [5.41, 5.74) is 1.15. The lowest BCUT2D eigenvalue weighted by Gasteiger charge is -2.35. The molecule has 1 aromatic carbocycles. The molecule has 0 spiro atoms. The van der Waals surface area contributed by atoms with Gasteiger partial charge in [-0.1, -0.05) is 30.3 Å². The van der Waals surface area contributed by atoms with Crippen LogP contribution in [0, 0.1) is 5.92 Å². The fourth-order valence-electron chi connectivity index (χ4n) is 3.30. The van der Waals surface area contributed by atoms with Crippen molar-refractivity contribution in [3.05, 3.63) is 35.9 Å². The first-order chi connectivity index (χ1) is 11.1. The summed E-state index contributed by atoms with van der Waals surface area (Å²) < 4.78 is 0. The number of hydrogen-bond donors (Lipinski definition) is 2. The molecule has 0 radical (unpaired) electrons. The van der Waals surface area contributed by atoms with E-state index in [1.54, 1.807) is 0 Å². The standard InChI is InChI=1S/C19H31N3O/c1-15(18-7-5-4-6-8-18)21-19(23)16(2)22-13-10-17(11-14-22)9-12-20-3/h4-8,15-17,20H,9-14H2,1-3H3,(H,21,23). The zero-order valence-electron chi connectivity index (χ0n) is 14.7. The van der Waals surface area contributed by atoms with Crippen LogP contribution >= 0.6 is 0 Å². The highest BCUT2D eigenvalue weighted by Gasteiger charge is 2.27. The van der Waals surface area contributed by atoms with E-state index in [-0.39, 0.29) is 18.0 Å². The zero-order chi connectivity index (χ0) is 16.7. The summed E-state index contributed by atoms with van der Waals surface area (Å²) in [5.74, 6) is 0.937. The lowest BCUT2D eigenvalue weighted by atomic mass is 9.92. The molecule has 0 bridgehead atoms. The monoisotopic (exact) mass is 317 g/mol. The predicted octanol–water partition coefficient (Wildman–Crippen LogP) is 2.57. The number of carbonyl (C=O) groups is 1. The minimum atomic E-state index is -0.0496. The van der Waals surface area contributed by atoms with Gasteiger partial charge in [0.15, 0.2) is 0 Å². The molecule has 1 amide bonds. The quantitative estimate of drug-likeness (QED) is 0.812. The molecule has 128 valence electrons. The number of nitrogens with one attached hydrogen (secondary N) is 2. The fourth-order valence-corrected chi connectivity index (χ4v) is 3.30. The second kappa shape index (κ2) is 9.04. The average Bonchev–Trinajstić information content (AvgIpc) is 2.60. The molecule has 2 N–H and O–H groups in total. The summed E-state index contributed by atoms with van der Waals surface area (Å²) in [4.78, 5) is 14.8. The van der Waals surface area contributed by atoms with Crippen LogP contribution < -0.4 is 10.6 Å². The molecule has 23 heavy (non-hydrogen) atoms. The fraction of sp³-hybridized carbons (Fsp3) is 0.632. The van der Waals surface area contributed by atoms with Crippen molar-refractivity contribution in [2.24, 2.45) is 5.92 Å². The molecule has 1 aromatic rings. The SMILES string of the molecule is CNCCC1CCN(C(C)C(=O)NC(C)c2ccccc2)CC1. The van der Waals surface area contributed by atoms with Crippen LogP contribution in [0.2, 0.25) is 0 Å². The third-order valence-electron chi connectivity index (χ3n) is 5.04. The summed E-state index contributed by atoms with van der Waals surface area (Å²) in [5, 5.41) is 6.37. The molecule has 2 rings (SSSR count). The van der Waals surface area contributed by atoms with Gasteiger partial charge >= 0.3 is 0 Å². The summed E-state index contributed by atoms with van der Waals surface area (Å²) in [6.45, 7) is 7.23. The number of amides is 1. The highest BCUT2D eigenvalue weighted by atomic mass is 16.2. The highest BCUT2D eigenvalue weighted by molar-refractivity contribution is 5.81. The van der Waals surface area contributed by atoms with Crippen molar-refractivity contribution in [1.29, 1.82) is 0 Å². The van der Waals surface area contributed by atoms with Gasteiger partial charge in [-0.3, -0.25) is 9.69 Å². The minimum absolute atomic E-state index is 0.0496. The van der Waals surface area contributed by atoms with Gasteiger partial charge in [0.25, 0.3) is 0 Å². The van der Waals surface area contributed by atoms with E-state index in [0.29, 0.717) is 0 Å². The Bertz CT molecular complexity index is 469. The van der Waals surface area contributed by atoms with E-state index in [4.69, 9.17) is 0 Å². The third kappa shape index (κ3) is 5.33. The van der Waals surface area contributed by atoms with Crippen molar-refractivity contribution in [2.45, 2.75) is 45.2 Å². The Hall–Kier alpha value is -1.39. The number of benzene rings is 1. The molecule has 0 saturated carbocycles. The van der Waals surface area contributed by atoms with Crippen LogP contribution in [-0.4, -0.2) is 43.5 Å². The van der Waals surface area contributed by atoms with Gasteiger partial charge in [0, 0.05) is 0 Å². The largest absolute Gasteiger partial charge is 0.348 e. The first-order valence-electron chi connectivity index (χ1n) is 8.85. The summed E-state index contributed by atoms with van der Waals surface area (Å²) in [6, 6.07) is 10.1. The Labute approximate surface area is 140 Å². The van der Waals surface area contributed by atoms with Gasteiger partial charge in [-0.25, -0.2) is 0 Å². The molecular weight excluding hydrogens is 286 g/mol. The molecule has 1 saturated heterocycles. The Kier molecular flexibility index (Phi) is 7.06. The van der Waals surface area contributed by atoms with E-state index in [1.165, 1.54) is 19.3 Å². The Morgan fingerprint density at radius 1 is 1.22 bits per heavy atom. The normalized spacial score (nSPS) is 19.3. The van der Waals surface area contributed by atoms with Crippen molar-refractivity contribution in [3.8, 4) is 0 Å². The maximum Gasteiger partial charge on any atom is 0.237 e. The lowest BCUT2D eigenvalue weighted by Crippen LogP contribution is -2.48. The van der Waals surface area contributed by atoms with E-state index < -0.39 is 0 Å². The summed E-state index contributed by atoms with van der Waals surface area (Å²) in [7, 11) is 2.01. The lowest BCUT2D eigenvalue weighted by molar-refractivity contribution is -0.127. The Balaban J connectivity index is 1.79. The first-order valence-corrected chi connectivity index (χ1v) is 8.85. The Morgan fingerprint density at radius 2 is 1.87 bits per heavy atom. The number of hydrogen-bond acceptors (Lipinski definition) is 3. The van der Waals surface area contributed by atoms with Gasteiger partial charge in [0.1, 0.15) is 0 Å². The molecule has 4 heteroatoms. The molecule has 0 aromatic heterocycles. The molecule has 0 aliphatic carbocycles. The molecule has 2 unspecified atom stereocenters. The molecular formula is C19H31N3O. The van der Waals surface area contributed by atoms with Crippen LogP contribution in [0.3, 0.4) is 0 Å². The molecule has 2 atom stereocenters. The molecule has 1 aliphatic rings. The average molecular weight is 317 g/mol. The molecule has 1 heterocycles. The van der Waals surface area contributed by atoms with Crippen molar-refractivity contribution in [3.63, 3.8) is 0 Å². The van der Waals surface area contributed by atoms with E-state index in [0.717, 1.165) is 31.1 Å². The van der Waals surface area contributed by atoms with Crippen molar-refractivity contribution in [2.75, 3.05) is 26.7 Å². The maximum atomic E-state index is 12.5. The first kappa shape index (κ1) is 18.0. The van der Waals surface area contributed by atoms with Gasteiger partial charge in [-0.2, -0.15) is 0 Å². The molecule has 1 aliphatic heterocycles. The predicted molar refractivity (Wildman–Crippen MR) is 95.3 cm³/mol. The smallest absolute Gasteiger partial charge is 0.237 e. The second-order valence-corrected chi connectivity index (χ2v) is 6.69. The van der Waals surface area contributed by atoms with E-state index in [9.17, 15) is 4.79 Å². The third-order valence-corrected chi connectivity index (χ3v) is 5.04. The molecule has 1 fully saturated rings.